The van der Waals surface area contributed by atoms with E-state index in [1.54, 1.807) is 0 Å². The molecule has 2 nitrogen and oxygen atoms in total. The Labute approximate surface area is 123 Å². The van der Waals surface area contributed by atoms with Crippen LogP contribution in [0.1, 0.15) is 36.1 Å². The topological polar surface area (TPSA) is 15.3 Å². The van der Waals surface area contributed by atoms with Crippen molar-refractivity contribution in [2.24, 2.45) is 11.8 Å². The lowest BCUT2D eigenvalue weighted by Gasteiger charge is -2.36. The molecule has 1 N–H and O–H groups in total. The second-order valence-corrected chi connectivity index (χ2v) is 7.42. The third-order valence-electron chi connectivity index (χ3n) is 5.83. The maximum atomic E-state index is 3.57. The Balaban J connectivity index is 1.83. The molecule has 0 aliphatic carbocycles. The summed E-state index contributed by atoms with van der Waals surface area (Å²) >= 11 is 0. The van der Waals surface area contributed by atoms with Crippen LogP contribution in [0.25, 0.3) is 0 Å². The summed E-state index contributed by atoms with van der Waals surface area (Å²) in [7, 11) is 0. The first-order chi connectivity index (χ1) is 9.39. The zero-order valence-corrected chi connectivity index (χ0v) is 13.6. The Morgan fingerprint density at radius 3 is 2.50 bits per heavy atom. The van der Waals surface area contributed by atoms with E-state index >= 15 is 0 Å². The quantitative estimate of drug-likeness (QED) is 0.890. The van der Waals surface area contributed by atoms with E-state index in [0.717, 1.165) is 18.4 Å². The van der Waals surface area contributed by atoms with Crippen molar-refractivity contribution in [3.05, 3.63) is 34.4 Å². The van der Waals surface area contributed by atoms with Crippen LogP contribution in [0.2, 0.25) is 0 Å². The summed E-state index contributed by atoms with van der Waals surface area (Å²) in [5.41, 5.74) is 6.10. The fraction of sp³-hybridized carbons (Fsp3) is 0.667. The number of benzene rings is 1. The van der Waals surface area contributed by atoms with Gasteiger partial charge in [-0.15, -0.1) is 0 Å². The van der Waals surface area contributed by atoms with Gasteiger partial charge in [0.25, 0.3) is 0 Å². The number of rotatable bonds is 2. The van der Waals surface area contributed by atoms with Crippen molar-refractivity contribution in [1.29, 1.82) is 0 Å². The minimum absolute atomic E-state index is 0.319. The van der Waals surface area contributed by atoms with E-state index in [1.807, 2.05) is 0 Å². The molecule has 0 radical (unpaired) electrons. The first-order valence-corrected chi connectivity index (χ1v) is 7.92. The van der Waals surface area contributed by atoms with Gasteiger partial charge in [-0.05, 0) is 75.3 Å². The highest BCUT2D eigenvalue weighted by Crippen LogP contribution is 2.41. The van der Waals surface area contributed by atoms with Crippen molar-refractivity contribution in [3.8, 4) is 0 Å². The SMILES string of the molecule is Cc1cc(C)c(CN2CC3CNCC3C2(C)C)cc1C. The molecule has 1 aromatic rings. The molecule has 0 amide bonds. The van der Waals surface area contributed by atoms with Crippen molar-refractivity contribution >= 4 is 0 Å². The molecule has 20 heavy (non-hydrogen) atoms. The van der Waals surface area contributed by atoms with Crippen molar-refractivity contribution in [1.82, 2.24) is 10.2 Å². The predicted molar refractivity (Wildman–Crippen MR) is 85.0 cm³/mol. The number of likely N-dealkylation sites (tertiary alicyclic amines) is 1. The van der Waals surface area contributed by atoms with Gasteiger partial charge in [-0.25, -0.2) is 0 Å². The molecule has 0 spiro atoms. The van der Waals surface area contributed by atoms with Crippen molar-refractivity contribution in [3.63, 3.8) is 0 Å². The van der Waals surface area contributed by atoms with E-state index in [9.17, 15) is 0 Å². The number of hydrogen-bond acceptors (Lipinski definition) is 2. The van der Waals surface area contributed by atoms with Crippen LogP contribution in [0.15, 0.2) is 12.1 Å². The fourth-order valence-corrected chi connectivity index (χ4v) is 4.17. The third kappa shape index (κ3) is 2.19. The normalized spacial score (nSPS) is 28.9. The van der Waals surface area contributed by atoms with Crippen LogP contribution in [0.4, 0.5) is 0 Å². The minimum Gasteiger partial charge on any atom is -0.316 e. The summed E-state index contributed by atoms with van der Waals surface area (Å²) in [6.45, 7) is 16.3. The summed E-state index contributed by atoms with van der Waals surface area (Å²) in [4.78, 5) is 2.71. The second kappa shape index (κ2) is 4.85. The molecule has 2 fully saturated rings. The van der Waals surface area contributed by atoms with Gasteiger partial charge in [0.15, 0.2) is 0 Å². The second-order valence-electron chi connectivity index (χ2n) is 7.42. The molecule has 2 unspecified atom stereocenters. The molecule has 0 bridgehead atoms. The highest BCUT2D eigenvalue weighted by molar-refractivity contribution is 5.36. The van der Waals surface area contributed by atoms with E-state index in [-0.39, 0.29) is 0 Å². The molecule has 2 aliphatic rings. The summed E-state index contributed by atoms with van der Waals surface area (Å²) in [5.74, 6) is 1.66. The Hall–Kier alpha value is -0.860. The lowest BCUT2D eigenvalue weighted by Crippen LogP contribution is -2.44. The van der Waals surface area contributed by atoms with Crippen LogP contribution in [0.5, 0.6) is 0 Å². The van der Waals surface area contributed by atoms with Gasteiger partial charge in [0.1, 0.15) is 0 Å². The average molecular weight is 272 g/mol. The maximum absolute atomic E-state index is 3.57. The maximum Gasteiger partial charge on any atom is 0.0242 e. The first kappa shape index (κ1) is 14.1. The summed E-state index contributed by atoms with van der Waals surface area (Å²) < 4.78 is 0. The molecule has 2 saturated heterocycles. The van der Waals surface area contributed by atoms with E-state index in [4.69, 9.17) is 0 Å². The van der Waals surface area contributed by atoms with Crippen LogP contribution in [0.3, 0.4) is 0 Å². The lowest BCUT2D eigenvalue weighted by molar-refractivity contribution is 0.132. The van der Waals surface area contributed by atoms with Crippen LogP contribution < -0.4 is 5.32 Å². The molecule has 0 aromatic heterocycles. The molecule has 2 atom stereocenters. The molecule has 3 rings (SSSR count). The number of hydrogen-bond donors (Lipinski definition) is 1. The number of nitrogens with one attached hydrogen (secondary N) is 1. The monoisotopic (exact) mass is 272 g/mol. The molecule has 0 saturated carbocycles. The Bertz CT molecular complexity index is 518. The van der Waals surface area contributed by atoms with Gasteiger partial charge in [-0.3, -0.25) is 4.90 Å². The van der Waals surface area contributed by atoms with Crippen molar-refractivity contribution < 1.29 is 0 Å². The van der Waals surface area contributed by atoms with Gasteiger partial charge in [0.05, 0.1) is 0 Å². The van der Waals surface area contributed by atoms with Crippen molar-refractivity contribution in [2.45, 2.75) is 46.7 Å². The molecule has 1 aromatic carbocycles. The molecular weight excluding hydrogens is 244 g/mol. The Morgan fingerprint density at radius 2 is 1.80 bits per heavy atom. The van der Waals surface area contributed by atoms with Crippen LogP contribution in [-0.2, 0) is 6.54 Å². The highest BCUT2D eigenvalue weighted by atomic mass is 15.2. The molecular formula is C18H28N2. The van der Waals surface area contributed by atoms with Gasteiger partial charge >= 0.3 is 0 Å². The van der Waals surface area contributed by atoms with E-state index in [2.05, 4.69) is 57.0 Å². The Kier molecular flexibility index (Phi) is 3.42. The van der Waals surface area contributed by atoms with Gasteiger partial charge in [0, 0.05) is 25.2 Å². The largest absolute Gasteiger partial charge is 0.316 e. The number of aryl methyl sites for hydroxylation is 3. The number of nitrogens with zero attached hydrogens (tertiary/aromatic N) is 1. The lowest BCUT2D eigenvalue weighted by atomic mass is 9.84. The predicted octanol–water partition coefficient (Wildman–Crippen LogP) is 3.04. The first-order valence-electron chi connectivity index (χ1n) is 7.92. The van der Waals surface area contributed by atoms with Crippen LogP contribution in [0, 0.1) is 32.6 Å². The molecule has 2 heteroatoms. The van der Waals surface area contributed by atoms with E-state index in [0.29, 0.717) is 5.54 Å². The fourth-order valence-electron chi connectivity index (χ4n) is 4.17. The summed E-state index contributed by atoms with van der Waals surface area (Å²) in [6, 6.07) is 4.74. The molecule has 2 aliphatic heterocycles. The van der Waals surface area contributed by atoms with Crippen LogP contribution >= 0.6 is 0 Å². The third-order valence-corrected chi connectivity index (χ3v) is 5.83. The van der Waals surface area contributed by atoms with Crippen molar-refractivity contribution in [2.75, 3.05) is 19.6 Å². The zero-order chi connectivity index (χ0) is 14.5. The van der Waals surface area contributed by atoms with Crippen LogP contribution in [-0.4, -0.2) is 30.1 Å². The standard InChI is InChI=1S/C18H28N2/c1-12-6-14(3)15(7-13(12)2)10-20-11-16-8-19-9-17(16)18(20,4)5/h6-7,16-17,19H,8-11H2,1-5H3. The summed E-state index contributed by atoms with van der Waals surface area (Å²) in [5, 5.41) is 3.57. The minimum atomic E-state index is 0.319. The van der Waals surface area contributed by atoms with Gasteiger partial charge in [-0.2, -0.15) is 0 Å². The van der Waals surface area contributed by atoms with E-state index < -0.39 is 0 Å². The average Bonchev–Trinajstić information content (AvgIpc) is 2.91. The summed E-state index contributed by atoms with van der Waals surface area (Å²) in [6.07, 6.45) is 0. The number of fused-ring (bicyclic) bond motifs is 1. The molecule has 2 heterocycles. The van der Waals surface area contributed by atoms with E-state index in [1.165, 1.54) is 41.9 Å². The van der Waals surface area contributed by atoms with Gasteiger partial charge in [-0.1, -0.05) is 12.1 Å². The Morgan fingerprint density at radius 1 is 1.10 bits per heavy atom. The zero-order valence-electron chi connectivity index (χ0n) is 13.6. The van der Waals surface area contributed by atoms with Gasteiger partial charge < -0.3 is 5.32 Å². The molecule has 110 valence electrons. The smallest absolute Gasteiger partial charge is 0.0242 e. The van der Waals surface area contributed by atoms with Gasteiger partial charge in [0.2, 0.25) is 0 Å². The highest BCUT2D eigenvalue weighted by Gasteiger charge is 2.49.